The molecule has 0 radical (unpaired) electrons. The molecule has 0 atom stereocenters. The number of fused-ring (bicyclic) bond motifs is 3. The Bertz CT molecular complexity index is 2230. The highest BCUT2D eigenvalue weighted by Crippen LogP contribution is 2.37. The number of aromatic nitrogens is 2. The number of morpholine rings is 1. The number of aryl methyl sites for hydroxylation is 2. The second-order valence-corrected chi connectivity index (χ2v) is 12.7. The summed E-state index contributed by atoms with van der Waals surface area (Å²) in [5.41, 5.74) is 7.77. The van der Waals surface area contributed by atoms with E-state index in [1.54, 1.807) is 18.5 Å². The minimum absolute atomic E-state index is 0.220. The van der Waals surface area contributed by atoms with Crippen LogP contribution in [0.15, 0.2) is 97.5 Å². The zero-order chi connectivity index (χ0) is 34.9. The van der Waals surface area contributed by atoms with Crippen molar-refractivity contribution in [1.29, 1.82) is 0 Å². The van der Waals surface area contributed by atoms with Crippen molar-refractivity contribution in [3.8, 4) is 16.9 Å². The molecule has 258 valence electrons. The van der Waals surface area contributed by atoms with Crippen LogP contribution in [0, 0.1) is 17.5 Å². The van der Waals surface area contributed by atoms with Crippen molar-refractivity contribution >= 4 is 39.6 Å². The van der Waals surface area contributed by atoms with Gasteiger partial charge in [-0.1, -0.05) is 12.1 Å². The van der Waals surface area contributed by atoms with Crippen LogP contribution in [0.4, 0.5) is 35.9 Å². The first-order chi connectivity index (χ1) is 24.9. The molecule has 51 heavy (non-hydrogen) atoms. The molecule has 2 aliphatic rings. The molecule has 2 aliphatic heterocycles. The average molecular weight is 690 g/mol. The maximum absolute atomic E-state index is 13.8. The van der Waals surface area contributed by atoms with E-state index >= 15 is 0 Å². The summed E-state index contributed by atoms with van der Waals surface area (Å²) in [6.45, 7) is 4.13. The second kappa shape index (κ2) is 13.8. The lowest BCUT2D eigenvalue weighted by Crippen LogP contribution is -2.36. The summed E-state index contributed by atoms with van der Waals surface area (Å²) in [6.07, 6.45) is 6.35. The molecular weight excluding hydrogens is 655 g/mol. The van der Waals surface area contributed by atoms with Crippen molar-refractivity contribution in [2.45, 2.75) is 19.4 Å². The van der Waals surface area contributed by atoms with Crippen molar-refractivity contribution in [2.24, 2.45) is 0 Å². The van der Waals surface area contributed by atoms with Gasteiger partial charge in [-0.05, 0) is 89.8 Å². The van der Waals surface area contributed by atoms with E-state index in [2.05, 4.69) is 32.7 Å². The molecule has 1 saturated heterocycles. The van der Waals surface area contributed by atoms with E-state index in [4.69, 9.17) is 9.47 Å². The number of hydrogen-bond acceptors (Lipinski definition) is 6. The van der Waals surface area contributed by atoms with Crippen molar-refractivity contribution in [3.63, 3.8) is 0 Å². The van der Waals surface area contributed by atoms with E-state index in [1.807, 2.05) is 59.3 Å². The first-order valence-corrected chi connectivity index (χ1v) is 16.9. The fraction of sp³-hybridized carbons (Fsp3) is 0.200. The van der Waals surface area contributed by atoms with Gasteiger partial charge in [0, 0.05) is 55.1 Å². The number of benzene rings is 4. The molecule has 0 saturated carbocycles. The number of hydrogen-bond donors (Lipinski definition) is 2. The van der Waals surface area contributed by atoms with E-state index < -0.39 is 17.5 Å². The average Bonchev–Trinajstić information content (AvgIpc) is 3.46. The third-order valence-electron chi connectivity index (χ3n) is 9.42. The molecule has 0 aliphatic carbocycles. The largest absolute Gasteiger partial charge is 0.493 e. The van der Waals surface area contributed by atoms with Crippen LogP contribution in [0.25, 0.3) is 22.0 Å². The Balaban J connectivity index is 0.974. The normalized spacial score (nSPS) is 14.0. The molecule has 0 unspecified atom stereocenters. The molecule has 8 nitrogen and oxygen atoms in total. The van der Waals surface area contributed by atoms with Crippen LogP contribution in [0.5, 0.6) is 5.75 Å². The van der Waals surface area contributed by atoms with Crippen LogP contribution in [0.3, 0.4) is 0 Å². The monoisotopic (exact) mass is 689 g/mol. The van der Waals surface area contributed by atoms with Crippen molar-refractivity contribution in [1.82, 2.24) is 9.55 Å². The van der Waals surface area contributed by atoms with Gasteiger partial charge in [0.25, 0.3) is 5.91 Å². The number of carbonyl (C=O) groups excluding carboxylic acids is 1. The summed E-state index contributed by atoms with van der Waals surface area (Å²) >= 11 is 0. The number of anilines is 4. The zero-order valence-electron chi connectivity index (χ0n) is 27.6. The molecule has 4 heterocycles. The Kier molecular flexibility index (Phi) is 8.79. The van der Waals surface area contributed by atoms with E-state index in [1.165, 1.54) is 0 Å². The second-order valence-electron chi connectivity index (χ2n) is 12.7. The molecule has 2 N–H and O–H groups in total. The molecule has 1 fully saturated rings. The number of ether oxygens (including phenoxy) is 2. The molecular formula is C40H34F3N5O3. The standard InChI is InChI=1S/C40H34F3N5O3/c41-33-19-26(20-34(42)39(33)43)10-13-48-24-32(30-9-12-44-23-38(30)48)27-2-7-31-36(22-27)45-35-8-1-25(21-37(35)46-40(31)49)11-16-51-29-5-3-28(4-6-29)47-14-17-50-18-15-47/h1-9,12,19-24,45H,10-11,13-18H2,(H,46,49). The number of nitrogens with one attached hydrogen (secondary N) is 2. The maximum Gasteiger partial charge on any atom is 0.257 e. The Morgan fingerprint density at radius 2 is 1.59 bits per heavy atom. The van der Waals surface area contributed by atoms with Gasteiger partial charge in [0.05, 0.1) is 54.2 Å². The number of carbonyl (C=O) groups is 1. The SMILES string of the molecule is O=C1Nc2cc(CCOc3ccc(N4CCOCC4)cc3)ccc2Nc2cc(-c3cn(CCc4cc(F)c(F)c(F)c4)c4cnccc34)ccc21. The lowest BCUT2D eigenvalue weighted by atomic mass is 10.0. The number of amides is 1. The van der Waals surface area contributed by atoms with Gasteiger partial charge in [-0.15, -0.1) is 0 Å². The lowest BCUT2D eigenvalue weighted by Gasteiger charge is -2.28. The number of halogens is 3. The maximum atomic E-state index is 13.8. The predicted molar refractivity (Wildman–Crippen MR) is 192 cm³/mol. The molecule has 0 bridgehead atoms. The van der Waals surface area contributed by atoms with E-state index in [0.717, 1.165) is 83.2 Å². The fourth-order valence-electron chi connectivity index (χ4n) is 6.72. The van der Waals surface area contributed by atoms with Gasteiger partial charge in [0.2, 0.25) is 0 Å². The van der Waals surface area contributed by atoms with Crippen LogP contribution in [0.2, 0.25) is 0 Å². The highest BCUT2D eigenvalue weighted by Gasteiger charge is 2.21. The van der Waals surface area contributed by atoms with Gasteiger partial charge in [-0.2, -0.15) is 0 Å². The van der Waals surface area contributed by atoms with Crippen LogP contribution in [-0.2, 0) is 24.1 Å². The molecule has 11 heteroatoms. The van der Waals surface area contributed by atoms with Crippen LogP contribution in [0.1, 0.15) is 21.5 Å². The van der Waals surface area contributed by atoms with E-state index in [0.29, 0.717) is 42.1 Å². The Morgan fingerprint density at radius 3 is 2.39 bits per heavy atom. The predicted octanol–water partition coefficient (Wildman–Crippen LogP) is 8.13. The number of pyridine rings is 1. The molecule has 2 aromatic heterocycles. The van der Waals surface area contributed by atoms with Crippen LogP contribution >= 0.6 is 0 Å². The summed E-state index contributed by atoms with van der Waals surface area (Å²) in [5.74, 6) is -3.31. The smallest absolute Gasteiger partial charge is 0.257 e. The quantitative estimate of drug-likeness (QED) is 0.149. The number of rotatable bonds is 9. The summed E-state index contributed by atoms with van der Waals surface area (Å²) in [4.78, 5) is 20.0. The molecule has 8 rings (SSSR count). The van der Waals surface area contributed by atoms with Crippen molar-refractivity contribution < 1.29 is 27.4 Å². The molecule has 6 aromatic rings. The highest BCUT2D eigenvalue weighted by atomic mass is 19.2. The molecule has 4 aromatic carbocycles. The van der Waals surface area contributed by atoms with Gasteiger partial charge in [0.15, 0.2) is 17.5 Å². The summed E-state index contributed by atoms with van der Waals surface area (Å²) in [5, 5.41) is 7.44. The third-order valence-corrected chi connectivity index (χ3v) is 9.42. The van der Waals surface area contributed by atoms with Gasteiger partial charge in [-0.25, -0.2) is 13.2 Å². The van der Waals surface area contributed by atoms with Crippen molar-refractivity contribution in [2.75, 3.05) is 48.4 Å². The first-order valence-electron chi connectivity index (χ1n) is 16.9. The summed E-state index contributed by atoms with van der Waals surface area (Å²) in [7, 11) is 0. The third kappa shape index (κ3) is 6.72. The van der Waals surface area contributed by atoms with Crippen LogP contribution in [-0.4, -0.2) is 48.4 Å². The van der Waals surface area contributed by atoms with Gasteiger partial charge in [0.1, 0.15) is 5.75 Å². The minimum atomic E-state index is -1.47. The minimum Gasteiger partial charge on any atom is -0.493 e. The first kappa shape index (κ1) is 32.4. The Morgan fingerprint density at radius 1 is 0.784 bits per heavy atom. The Labute approximate surface area is 292 Å². The number of nitrogens with zero attached hydrogens (tertiary/aromatic N) is 3. The van der Waals surface area contributed by atoms with Gasteiger partial charge < -0.3 is 29.6 Å². The van der Waals surface area contributed by atoms with Crippen molar-refractivity contribution in [3.05, 3.63) is 132 Å². The topological polar surface area (TPSA) is 80.6 Å². The summed E-state index contributed by atoms with van der Waals surface area (Å²) in [6, 6.07) is 23.7. The lowest BCUT2D eigenvalue weighted by molar-refractivity contribution is 0.102. The summed E-state index contributed by atoms with van der Waals surface area (Å²) < 4.78 is 54.6. The van der Waals surface area contributed by atoms with E-state index in [9.17, 15) is 18.0 Å². The van der Waals surface area contributed by atoms with E-state index in [-0.39, 0.29) is 12.3 Å². The zero-order valence-corrected chi connectivity index (χ0v) is 27.6. The van der Waals surface area contributed by atoms with Gasteiger partial charge in [-0.3, -0.25) is 9.78 Å². The molecule has 0 spiro atoms. The molecule has 1 amide bonds. The van der Waals surface area contributed by atoms with Gasteiger partial charge >= 0.3 is 0 Å². The Hall–Kier alpha value is -5.81. The van der Waals surface area contributed by atoms with Crippen LogP contribution < -0.4 is 20.3 Å². The fourth-order valence-corrected chi connectivity index (χ4v) is 6.72. The highest BCUT2D eigenvalue weighted by molar-refractivity contribution is 6.13.